The van der Waals surface area contributed by atoms with Crippen LogP contribution in [0.25, 0.3) is 0 Å². The van der Waals surface area contributed by atoms with Crippen molar-refractivity contribution in [3.8, 4) is 23.5 Å². The highest BCUT2D eigenvalue weighted by molar-refractivity contribution is 9.09. The number of methoxy groups -OCH3 is 4. The summed E-state index contributed by atoms with van der Waals surface area (Å²) in [5.41, 5.74) is 1.35. The molecule has 0 saturated carbocycles. The van der Waals surface area contributed by atoms with Gasteiger partial charge < -0.3 is 18.9 Å². The van der Waals surface area contributed by atoms with Crippen molar-refractivity contribution in [2.24, 2.45) is 0 Å². The lowest BCUT2D eigenvalue weighted by molar-refractivity contribution is -0.121. The summed E-state index contributed by atoms with van der Waals surface area (Å²) in [6, 6.07) is 7.01. The van der Waals surface area contributed by atoms with Gasteiger partial charge in [-0.15, -0.1) is 0 Å². The Hall–Kier alpha value is -1.87. The van der Waals surface area contributed by atoms with E-state index in [0.717, 1.165) is 0 Å². The summed E-state index contributed by atoms with van der Waals surface area (Å²) in [7, 11) is 6.08. The number of halogens is 2. The van der Waals surface area contributed by atoms with Gasteiger partial charge in [0.15, 0.2) is 0 Å². The summed E-state index contributed by atoms with van der Waals surface area (Å²) in [6.07, 6.45) is 0. The lowest BCUT2D eigenvalue weighted by Crippen LogP contribution is -2.24. The van der Waals surface area contributed by atoms with Crippen LogP contribution in [0.2, 0.25) is 0 Å². The van der Waals surface area contributed by atoms with Crippen molar-refractivity contribution in [3.63, 3.8) is 0 Å². The van der Waals surface area contributed by atoms with Crippen LogP contribution in [-0.2, 0) is 4.79 Å². The number of carbonyl (C=O) groups excluding carboxylic acids is 1. The Morgan fingerprint density at radius 2 is 1.18 bits per heavy atom. The van der Waals surface area contributed by atoms with Crippen molar-refractivity contribution in [2.75, 3.05) is 39.1 Å². The van der Waals surface area contributed by atoms with Crippen molar-refractivity contribution >= 4 is 37.6 Å². The van der Waals surface area contributed by atoms with E-state index in [4.69, 9.17) is 18.9 Å². The van der Waals surface area contributed by atoms with E-state index in [0.29, 0.717) is 45.3 Å². The molecule has 0 aromatic carbocycles. The Kier molecular flexibility index (Phi) is 8.50. The van der Waals surface area contributed by atoms with Crippen molar-refractivity contribution in [1.82, 2.24) is 9.97 Å². The van der Waals surface area contributed by atoms with Gasteiger partial charge in [-0.3, -0.25) is 4.79 Å². The zero-order valence-corrected chi connectivity index (χ0v) is 19.2. The second kappa shape index (κ2) is 10.6. The van der Waals surface area contributed by atoms with Crippen LogP contribution < -0.4 is 18.9 Å². The number of pyridine rings is 2. The second-order valence-electron chi connectivity index (χ2n) is 5.72. The maximum atomic E-state index is 13.5. The van der Waals surface area contributed by atoms with Crippen LogP contribution in [0.3, 0.4) is 0 Å². The van der Waals surface area contributed by atoms with E-state index in [1.54, 1.807) is 24.3 Å². The van der Waals surface area contributed by atoms with E-state index in [1.807, 2.05) is 0 Å². The van der Waals surface area contributed by atoms with Gasteiger partial charge in [0.2, 0.25) is 23.5 Å². The average molecular weight is 518 g/mol. The Bertz CT molecular complexity index is 753. The highest BCUT2D eigenvalue weighted by atomic mass is 79.9. The van der Waals surface area contributed by atoms with Crippen LogP contribution in [0.4, 0.5) is 0 Å². The molecule has 7 nitrogen and oxygen atoms in total. The molecule has 28 heavy (non-hydrogen) atoms. The summed E-state index contributed by atoms with van der Waals surface area (Å²) in [4.78, 5) is 22.0. The van der Waals surface area contributed by atoms with Crippen molar-refractivity contribution < 1.29 is 23.7 Å². The standard InChI is InChI=1S/C19H22Br2N2O5/c1-25-15-7-5-11(18(22-15)27-3)13(9-20)17(24)14(10-21)12-6-8-16(26-2)23-19(12)28-4/h5-8,13-14H,9-10H2,1-4H3. The molecule has 0 saturated heterocycles. The Labute approximate surface area is 181 Å². The fourth-order valence-corrected chi connectivity index (χ4v) is 4.16. The smallest absolute Gasteiger partial charge is 0.220 e. The minimum Gasteiger partial charge on any atom is -0.481 e. The van der Waals surface area contributed by atoms with Crippen LogP contribution in [0.15, 0.2) is 24.3 Å². The predicted molar refractivity (Wildman–Crippen MR) is 113 cm³/mol. The van der Waals surface area contributed by atoms with Crippen molar-refractivity contribution in [1.29, 1.82) is 0 Å². The normalized spacial score (nSPS) is 12.8. The Morgan fingerprint density at radius 1 is 0.786 bits per heavy atom. The van der Waals surface area contributed by atoms with Crippen LogP contribution >= 0.6 is 31.9 Å². The van der Waals surface area contributed by atoms with Gasteiger partial charge in [-0.25, -0.2) is 0 Å². The fourth-order valence-electron chi connectivity index (χ4n) is 2.82. The second-order valence-corrected chi connectivity index (χ2v) is 7.02. The molecule has 0 aliphatic carbocycles. The highest BCUT2D eigenvalue weighted by Gasteiger charge is 2.33. The van der Waals surface area contributed by atoms with E-state index < -0.39 is 11.8 Å². The van der Waals surface area contributed by atoms with E-state index in [-0.39, 0.29) is 5.78 Å². The van der Waals surface area contributed by atoms with Gasteiger partial charge in [-0.2, -0.15) is 9.97 Å². The summed E-state index contributed by atoms with van der Waals surface area (Å²) >= 11 is 6.93. The number of alkyl halides is 2. The molecule has 0 N–H and O–H groups in total. The number of ketones is 1. The molecule has 2 heterocycles. The summed E-state index contributed by atoms with van der Waals surface area (Å²) in [5, 5.41) is 0.817. The molecule has 0 radical (unpaired) electrons. The molecule has 0 spiro atoms. The largest absolute Gasteiger partial charge is 0.481 e. The lowest BCUT2D eigenvalue weighted by Gasteiger charge is -2.22. The number of carbonyl (C=O) groups is 1. The molecular formula is C19H22Br2N2O5. The van der Waals surface area contributed by atoms with Gasteiger partial charge in [0, 0.05) is 33.9 Å². The molecule has 0 bridgehead atoms. The van der Waals surface area contributed by atoms with Gasteiger partial charge in [0.1, 0.15) is 5.78 Å². The first-order chi connectivity index (χ1) is 13.5. The van der Waals surface area contributed by atoms with E-state index >= 15 is 0 Å². The molecule has 2 aromatic rings. The van der Waals surface area contributed by atoms with Crippen molar-refractivity contribution in [2.45, 2.75) is 11.8 Å². The zero-order chi connectivity index (χ0) is 20.7. The highest BCUT2D eigenvalue weighted by Crippen LogP contribution is 2.37. The van der Waals surface area contributed by atoms with E-state index in [9.17, 15) is 4.79 Å². The summed E-state index contributed by atoms with van der Waals surface area (Å²) in [6.45, 7) is 0. The van der Waals surface area contributed by atoms with Crippen LogP contribution in [0.1, 0.15) is 23.0 Å². The summed E-state index contributed by atoms with van der Waals surface area (Å²) in [5.74, 6) is 0.546. The number of hydrogen-bond donors (Lipinski definition) is 0. The number of hydrogen-bond acceptors (Lipinski definition) is 7. The molecule has 9 heteroatoms. The molecule has 2 unspecified atom stereocenters. The topological polar surface area (TPSA) is 79.8 Å². The van der Waals surface area contributed by atoms with Crippen LogP contribution in [-0.4, -0.2) is 54.9 Å². The van der Waals surface area contributed by atoms with Crippen molar-refractivity contribution in [3.05, 3.63) is 35.4 Å². The van der Waals surface area contributed by atoms with Gasteiger partial charge in [-0.05, 0) is 12.1 Å². The average Bonchev–Trinajstić information content (AvgIpc) is 2.75. The Morgan fingerprint density at radius 3 is 1.46 bits per heavy atom. The molecule has 2 atom stereocenters. The molecule has 0 aliphatic rings. The predicted octanol–water partition coefficient (Wildman–Crippen LogP) is 3.74. The van der Waals surface area contributed by atoms with Gasteiger partial charge in [0.05, 0.1) is 40.3 Å². The quantitative estimate of drug-likeness (QED) is 0.444. The van der Waals surface area contributed by atoms with Gasteiger partial charge >= 0.3 is 0 Å². The number of rotatable bonds is 10. The van der Waals surface area contributed by atoms with E-state index in [1.165, 1.54) is 28.4 Å². The van der Waals surface area contributed by atoms with Crippen LogP contribution in [0.5, 0.6) is 23.5 Å². The molecule has 0 aliphatic heterocycles. The summed E-state index contributed by atoms with van der Waals surface area (Å²) < 4.78 is 21.1. The SMILES string of the molecule is COc1ccc(C(CBr)C(=O)C(CBr)c2ccc(OC)nc2OC)c(OC)n1. The van der Waals surface area contributed by atoms with E-state index in [2.05, 4.69) is 41.8 Å². The third kappa shape index (κ3) is 4.75. The first-order valence-corrected chi connectivity index (χ1v) is 10.6. The maximum absolute atomic E-state index is 13.5. The molecule has 2 aromatic heterocycles. The monoisotopic (exact) mass is 516 g/mol. The molecule has 0 fully saturated rings. The number of nitrogens with zero attached hydrogens (tertiary/aromatic N) is 2. The molecule has 0 amide bonds. The minimum absolute atomic E-state index is 0.0238. The first kappa shape index (κ1) is 22.4. The number of aromatic nitrogens is 2. The molecular weight excluding hydrogens is 496 g/mol. The van der Waals surface area contributed by atoms with Gasteiger partial charge in [0.25, 0.3) is 0 Å². The fraction of sp³-hybridized carbons (Fsp3) is 0.421. The third-order valence-corrected chi connectivity index (χ3v) is 5.57. The maximum Gasteiger partial charge on any atom is 0.220 e. The zero-order valence-electron chi connectivity index (χ0n) is 16.1. The molecule has 152 valence electrons. The minimum atomic E-state index is -0.484. The van der Waals surface area contributed by atoms with Gasteiger partial charge in [-0.1, -0.05) is 31.9 Å². The molecule has 2 rings (SSSR count). The lowest BCUT2D eigenvalue weighted by atomic mass is 9.86. The third-order valence-electron chi connectivity index (χ3n) is 4.28. The Balaban J connectivity index is 2.46. The number of ether oxygens (including phenoxy) is 4. The first-order valence-electron chi connectivity index (χ1n) is 8.38. The van der Waals surface area contributed by atoms with Crippen LogP contribution in [0, 0.1) is 0 Å². The number of Topliss-reactive ketones (excluding diaryl/α,β-unsaturated/α-hetero) is 1.